The van der Waals surface area contributed by atoms with Gasteiger partial charge in [-0.15, -0.1) is 11.3 Å². The molecular weight excluding hydrogens is 591 g/mol. The van der Waals surface area contributed by atoms with Gasteiger partial charge < -0.3 is 5.32 Å². The minimum atomic E-state index is -4.42. The van der Waals surface area contributed by atoms with E-state index in [0.29, 0.717) is 40.8 Å². The molecule has 1 aromatic heterocycles. The summed E-state index contributed by atoms with van der Waals surface area (Å²) in [5.41, 5.74) is 3.20. The van der Waals surface area contributed by atoms with Crippen molar-refractivity contribution in [2.75, 3.05) is 0 Å². The highest BCUT2D eigenvalue weighted by Crippen LogP contribution is 2.30. The fourth-order valence-electron chi connectivity index (χ4n) is 4.82. The van der Waals surface area contributed by atoms with Gasteiger partial charge in [0, 0.05) is 23.5 Å². The molecule has 43 heavy (non-hydrogen) atoms. The summed E-state index contributed by atoms with van der Waals surface area (Å²) >= 11 is 7.40. The van der Waals surface area contributed by atoms with Crippen molar-refractivity contribution >= 4 is 28.8 Å². The first kappa shape index (κ1) is 30.5. The smallest absolute Gasteiger partial charge is 0.344 e. The molecule has 1 atom stereocenters. The molecule has 0 spiro atoms. The number of halogens is 4. The van der Waals surface area contributed by atoms with Crippen LogP contribution in [0.5, 0.6) is 0 Å². The monoisotopic (exact) mass is 619 g/mol. The Morgan fingerprint density at radius 2 is 1.47 bits per heavy atom. The number of benzene rings is 4. The SMILES string of the molecule is O=C(NC(Cc1ccccc1)c1ccccc1)c1csc(CN(Cc2ccc(Cl)cc2)Cc2cccc(C(F)(F)F)c2)n1. The number of nitrogens with zero attached hydrogens (tertiary/aromatic N) is 2. The van der Waals surface area contributed by atoms with Crippen LogP contribution in [0.15, 0.2) is 115 Å². The summed E-state index contributed by atoms with van der Waals surface area (Å²) < 4.78 is 40.1. The third kappa shape index (κ3) is 8.76. The van der Waals surface area contributed by atoms with Crippen LogP contribution in [0.2, 0.25) is 5.02 Å². The van der Waals surface area contributed by atoms with Gasteiger partial charge in [0.05, 0.1) is 18.2 Å². The molecule has 0 bridgehead atoms. The molecule has 1 N–H and O–H groups in total. The summed E-state index contributed by atoms with van der Waals surface area (Å²) in [7, 11) is 0. The molecule has 0 radical (unpaired) electrons. The van der Waals surface area contributed by atoms with E-state index in [9.17, 15) is 18.0 Å². The van der Waals surface area contributed by atoms with E-state index in [1.54, 1.807) is 23.6 Å². The minimum Gasteiger partial charge on any atom is -0.344 e. The van der Waals surface area contributed by atoms with Crippen molar-refractivity contribution in [1.82, 2.24) is 15.2 Å². The molecule has 220 valence electrons. The largest absolute Gasteiger partial charge is 0.416 e. The summed E-state index contributed by atoms with van der Waals surface area (Å²) in [5, 5.41) is 6.15. The van der Waals surface area contributed by atoms with Gasteiger partial charge >= 0.3 is 6.18 Å². The van der Waals surface area contributed by atoms with Gasteiger partial charge in [0.1, 0.15) is 10.7 Å². The summed E-state index contributed by atoms with van der Waals surface area (Å²) in [6.07, 6.45) is -3.80. The maximum absolute atomic E-state index is 13.4. The zero-order valence-corrected chi connectivity index (χ0v) is 24.7. The molecule has 0 fully saturated rings. The molecule has 1 unspecified atom stereocenters. The highest BCUT2D eigenvalue weighted by Gasteiger charge is 2.30. The number of hydrogen-bond acceptors (Lipinski definition) is 4. The Kier molecular flexibility index (Phi) is 9.92. The fourth-order valence-corrected chi connectivity index (χ4v) is 5.76. The lowest BCUT2D eigenvalue weighted by Crippen LogP contribution is -2.30. The van der Waals surface area contributed by atoms with Crippen molar-refractivity contribution in [2.45, 2.75) is 38.3 Å². The number of hydrogen-bond donors (Lipinski definition) is 1. The number of carbonyl (C=O) groups is 1. The minimum absolute atomic E-state index is 0.247. The molecule has 0 saturated carbocycles. The van der Waals surface area contributed by atoms with E-state index in [1.807, 2.05) is 77.7 Å². The van der Waals surface area contributed by atoms with Crippen molar-refractivity contribution in [3.63, 3.8) is 0 Å². The second kappa shape index (κ2) is 14.0. The van der Waals surface area contributed by atoms with Crippen LogP contribution in [-0.4, -0.2) is 15.8 Å². The Morgan fingerprint density at radius 1 is 0.814 bits per heavy atom. The molecular formula is C34H29ClF3N3OS. The van der Waals surface area contributed by atoms with E-state index >= 15 is 0 Å². The summed E-state index contributed by atoms with van der Waals surface area (Å²) in [5.74, 6) is -0.283. The quantitative estimate of drug-likeness (QED) is 0.161. The predicted molar refractivity (Wildman–Crippen MR) is 165 cm³/mol. The van der Waals surface area contributed by atoms with Crippen molar-refractivity contribution in [3.05, 3.63) is 158 Å². The first-order chi connectivity index (χ1) is 20.7. The maximum atomic E-state index is 13.4. The van der Waals surface area contributed by atoms with Crippen LogP contribution in [0.4, 0.5) is 13.2 Å². The Balaban J connectivity index is 1.33. The average molecular weight is 620 g/mol. The highest BCUT2D eigenvalue weighted by atomic mass is 35.5. The van der Waals surface area contributed by atoms with Gasteiger partial charge in [-0.3, -0.25) is 9.69 Å². The summed E-state index contributed by atoms with van der Waals surface area (Å²) in [4.78, 5) is 20.0. The lowest BCUT2D eigenvalue weighted by molar-refractivity contribution is -0.137. The van der Waals surface area contributed by atoms with Gasteiger partial charge in [0.25, 0.3) is 5.91 Å². The lowest BCUT2D eigenvalue weighted by atomic mass is 9.99. The molecule has 9 heteroatoms. The van der Waals surface area contributed by atoms with Crippen LogP contribution in [0.25, 0.3) is 0 Å². The Labute approximate surface area is 257 Å². The summed E-state index contributed by atoms with van der Waals surface area (Å²) in [6.45, 7) is 1.07. The van der Waals surface area contributed by atoms with Crippen LogP contribution in [0, 0.1) is 0 Å². The van der Waals surface area contributed by atoms with Gasteiger partial charge in [0.15, 0.2) is 0 Å². The van der Waals surface area contributed by atoms with Crippen molar-refractivity contribution < 1.29 is 18.0 Å². The molecule has 0 aliphatic rings. The van der Waals surface area contributed by atoms with Crippen molar-refractivity contribution in [1.29, 1.82) is 0 Å². The third-order valence-corrected chi connectivity index (χ3v) is 8.00. The first-order valence-electron chi connectivity index (χ1n) is 13.7. The van der Waals surface area contributed by atoms with E-state index < -0.39 is 11.7 Å². The van der Waals surface area contributed by atoms with Gasteiger partial charge in [-0.05, 0) is 46.9 Å². The maximum Gasteiger partial charge on any atom is 0.416 e. The molecule has 5 aromatic rings. The Hall–Kier alpha value is -3.98. The molecule has 0 saturated heterocycles. The third-order valence-electron chi connectivity index (χ3n) is 6.91. The second-order valence-electron chi connectivity index (χ2n) is 10.2. The molecule has 0 aliphatic heterocycles. The zero-order valence-electron chi connectivity index (χ0n) is 23.1. The van der Waals surface area contributed by atoms with Gasteiger partial charge in [-0.25, -0.2) is 4.98 Å². The van der Waals surface area contributed by atoms with Crippen molar-refractivity contribution in [3.8, 4) is 0 Å². The van der Waals surface area contributed by atoms with Crippen LogP contribution in [-0.2, 0) is 32.2 Å². The number of aromatic nitrogens is 1. The number of amides is 1. The number of alkyl halides is 3. The summed E-state index contributed by atoms with van der Waals surface area (Å²) in [6, 6.07) is 32.2. The highest BCUT2D eigenvalue weighted by molar-refractivity contribution is 7.09. The number of thiazole rings is 1. The van der Waals surface area contributed by atoms with Gasteiger partial charge in [-0.1, -0.05) is 103 Å². The molecule has 1 heterocycles. The Bertz CT molecular complexity index is 1630. The van der Waals surface area contributed by atoms with Crippen LogP contribution >= 0.6 is 22.9 Å². The predicted octanol–water partition coefficient (Wildman–Crippen LogP) is 8.73. The normalized spacial score (nSPS) is 12.3. The molecule has 4 nitrogen and oxygen atoms in total. The van der Waals surface area contributed by atoms with E-state index in [2.05, 4.69) is 10.3 Å². The topological polar surface area (TPSA) is 45.2 Å². The van der Waals surface area contributed by atoms with Crippen LogP contribution in [0.3, 0.4) is 0 Å². The molecule has 1 amide bonds. The average Bonchev–Trinajstić information content (AvgIpc) is 3.47. The zero-order chi connectivity index (χ0) is 30.2. The fraction of sp³-hybridized carbons (Fsp3) is 0.176. The van der Waals surface area contributed by atoms with Crippen LogP contribution < -0.4 is 5.32 Å². The molecule has 0 aliphatic carbocycles. The number of carbonyl (C=O) groups excluding carboxylic acids is 1. The van der Waals surface area contributed by atoms with Gasteiger partial charge in [0.2, 0.25) is 0 Å². The second-order valence-corrected chi connectivity index (χ2v) is 11.6. The number of rotatable bonds is 11. The number of nitrogens with one attached hydrogen (secondary N) is 1. The molecule has 5 rings (SSSR count). The lowest BCUT2D eigenvalue weighted by Gasteiger charge is -2.22. The van der Waals surface area contributed by atoms with E-state index in [0.717, 1.165) is 22.8 Å². The standard InChI is InChI=1S/C34H29ClF3N3OS/c35-29-16-14-25(15-17-29)20-41(21-26-10-7-13-28(18-26)34(36,37)38)22-32-39-31(23-43-32)33(42)40-30(27-11-5-2-6-12-27)19-24-8-3-1-4-9-24/h1-18,23,30H,19-22H2,(H,40,42). The van der Waals surface area contributed by atoms with Gasteiger partial charge in [-0.2, -0.15) is 13.2 Å². The molecule has 4 aromatic carbocycles. The van der Waals surface area contributed by atoms with Crippen molar-refractivity contribution in [2.24, 2.45) is 0 Å². The Morgan fingerprint density at radius 3 is 2.16 bits per heavy atom. The van der Waals surface area contributed by atoms with E-state index in [1.165, 1.54) is 23.5 Å². The van der Waals surface area contributed by atoms with Crippen LogP contribution in [0.1, 0.15) is 49.4 Å². The first-order valence-corrected chi connectivity index (χ1v) is 15.0. The van der Waals surface area contributed by atoms with E-state index in [4.69, 9.17) is 11.6 Å². The van der Waals surface area contributed by atoms with E-state index in [-0.39, 0.29) is 18.5 Å².